The van der Waals surface area contributed by atoms with E-state index in [2.05, 4.69) is 9.47 Å². The minimum Gasteiger partial charge on any atom is -0.392 e. The zero-order valence-electron chi connectivity index (χ0n) is 10.7. The van der Waals surface area contributed by atoms with Gasteiger partial charge in [-0.25, -0.2) is 9.59 Å². The Morgan fingerprint density at radius 1 is 0.700 bits per heavy atom. The third kappa shape index (κ3) is 2.32. The largest absolute Gasteiger partial charge is 0.392 e. The molecule has 0 aromatic rings. The Hall–Kier alpha value is -1.80. The molecule has 0 amide bonds. The van der Waals surface area contributed by atoms with E-state index in [1.807, 2.05) is 9.80 Å². The number of carbonyl (C=O) groups is 4. The molecule has 2 unspecified atom stereocenters. The zero-order valence-corrected chi connectivity index (χ0v) is 10.7. The van der Waals surface area contributed by atoms with E-state index < -0.39 is 36.0 Å². The highest BCUT2D eigenvalue weighted by Crippen LogP contribution is 2.21. The Balaban J connectivity index is 1.57. The number of hydrogen-bond acceptors (Lipinski definition) is 8. The second-order valence-corrected chi connectivity index (χ2v) is 5.10. The van der Waals surface area contributed by atoms with Gasteiger partial charge in [-0.1, -0.05) is 0 Å². The molecule has 20 heavy (non-hydrogen) atoms. The maximum absolute atomic E-state index is 11.5. The van der Waals surface area contributed by atoms with E-state index in [0.717, 1.165) is 0 Å². The van der Waals surface area contributed by atoms with Crippen molar-refractivity contribution < 1.29 is 28.7 Å². The zero-order chi connectivity index (χ0) is 14.3. The lowest BCUT2D eigenvalue weighted by Crippen LogP contribution is -2.55. The summed E-state index contributed by atoms with van der Waals surface area (Å²) < 4.78 is 9.07. The van der Waals surface area contributed by atoms with E-state index >= 15 is 0 Å². The lowest BCUT2D eigenvalue weighted by atomic mass is 10.1. The SMILES string of the molecule is O=C1CC(N2CCN(C3CC(=O)OC3=O)CC2)C(=O)O1. The first-order valence-electron chi connectivity index (χ1n) is 6.52. The van der Waals surface area contributed by atoms with E-state index in [9.17, 15) is 19.2 Å². The summed E-state index contributed by atoms with van der Waals surface area (Å²) in [6.45, 7) is 2.19. The Labute approximate surface area is 114 Å². The van der Waals surface area contributed by atoms with Gasteiger partial charge < -0.3 is 9.47 Å². The van der Waals surface area contributed by atoms with Gasteiger partial charge in [0.25, 0.3) is 0 Å². The maximum atomic E-state index is 11.5. The van der Waals surface area contributed by atoms with Gasteiger partial charge in [0.2, 0.25) is 0 Å². The number of ether oxygens (including phenoxy) is 2. The van der Waals surface area contributed by atoms with Crippen molar-refractivity contribution >= 4 is 23.9 Å². The van der Waals surface area contributed by atoms with Gasteiger partial charge in [0, 0.05) is 26.2 Å². The molecule has 3 aliphatic heterocycles. The minimum atomic E-state index is -0.512. The monoisotopic (exact) mass is 282 g/mol. The van der Waals surface area contributed by atoms with Crippen molar-refractivity contribution in [3.05, 3.63) is 0 Å². The van der Waals surface area contributed by atoms with Gasteiger partial charge in [-0.2, -0.15) is 0 Å². The van der Waals surface area contributed by atoms with E-state index in [-0.39, 0.29) is 12.8 Å². The molecule has 0 aromatic carbocycles. The molecule has 0 radical (unpaired) electrons. The third-order valence-electron chi connectivity index (χ3n) is 3.92. The van der Waals surface area contributed by atoms with Crippen LogP contribution >= 0.6 is 0 Å². The number of esters is 4. The van der Waals surface area contributed by atoms with E-state index in [0.29, 0.717) is 26.2 Å². The summed E-state index contributed by atoms with van der Waals surface area (Å²) in [4.78, 5) is 48.9. The molecule has 8 nitrogen and oxygen atoms in total. The molecule has 3 rings (SSSR count). The number of rotatable bonds is 2. The molecule has 0 aliphatic carbocycles. The Kier molecular flexibility index (Phi) is 3.27. The number of nitrogens with zero attached hydrogens (tertiary/aromatic N) is 2. The fraction of sp³-hybridized carbons (Fsp3) is 0.667. The summed E-state index contributed by atoms with van der Waals surface area (Å²) in [6.07, 6.45) is 0.172. The number of carbonyl (C=O) groups excluding carboxylic acids is 4. The molecule has 0 N–H and O–H groups in total. The van der Waals surface area contributed by atoms with Gasteiger partial charge in [-0.05, 0) is 0 Å². The van der Waals surface area contributed by atoms with E-state index in [1.54, 1.807) is 0 Å². The quantitative estimate of drug-likeness (QED) is 0.436. The van der Waals surface area contributed by atoms with Crippen LogP contribution in [0.4, 0.5) is 0 Å². The Morgan fingerprint density at radius 3 is 1.30 bits per heavy atom. The van der Waals surface area contributed by atoms with Crippen LogP contribution in [0.1, 0.15) is 12.8 Å². The smallest absolute Gasteiger partial charge is 0.331 e. The number of piperazine rings is 1. The molecule has 0 bridgehead atoms. The van der Waals surface area contributed by atoms with Gasteiger partial charge in [0.1, 0.15) is 12.1 Å². The Morgan fingerprint density at radius 2 is 1.05 bits per heavy atom. The highest BCUT2D eigenvalue weighted by molar-refractivity contribution is 5.97. The standard InChI is InChI=1S/C12H14N2O6/c15-9-5-7(11(17)19-9)13-1-2-14(4-3-13)8-6-10(16)20-12(8)18/h7-8H,1-6H2. The van der Waals surface area contributed by atoms with Crippen molar-refractivity contribution in [3.8, 4) is 0 Å². The van der Waals surface area contributed by atoms with Gasteiger partial charge in [-0.3, -0.25) is 19.4 Å². The summed E-state index contributed by atoms with van der Waals surface area (Å²) in [5, 5.41) is 0. The molecular formula is C12H14N2O6. The third-order valence-corrected chi connectivity index (χ3v) is 3.92. The molecule has 3 fully saturated rings. The van der Waals surface area contributed by atoms with Crippen LogP contribution in [0.25, 0.3) is 0 Å². The first kappa shape index (κ1) is 13.2. The van der Waals surface area contributed by atoms with Gasteiger partial charge in [-0.15, -0.1) is 0 Å². The average Bonchev–Trinajstić information content (AvgIpc) is 2.92. The molecule has 0 saturated carbocycles. The Bertz CT molecular complexity index is 438. The highest BCUT2D eigenvalue weighted by Gasteiger charge is 2.42. The van der Waals surface area contributed by atoms with Gasteiger partial charge in [0.05, 0.1) is 12.8 Å². The summed E-state index contributed by atoms with van der Waals surface area (Å²) in [7, 11) is 0. The average molecular weight is 282 g/mol. The minimum absolute atomic E-state index is 0.0861. The van der Waals surface area contributed by atoms with Crippen molar-refractivity contribution in [2.75, 3.05) is 26.2 Å². The van der Waals surface area contributed by atoms with Crippen molar-refractivity contribution in [1.29, 1.82) is 0 Å². The summed E-state index contributed by atoms with van der Waals surface area (Å²) in [6, 6.07) is -1.02. The lowest BCUT2D eigenvalue weighted by Gasteiger charge is -2.37. The molecule has 0 aromatic heterocycles. The second-order valence-electron chi connectivity index (χ2n) is 5.10. The van der Waals surface area contributed by atoms with Crippen molar-refractivity contribution in [3.63, 3.8) is 0 Å². The molecule has 3 saturated heterocycles. The molecular weight excluding hydrogens is 268 g/mol. The van der Waals surface area contributed by atoms with Crippen LogP contribution in [0.15, 0.2) is 0 Å². The molecule has 2 atom stereocenters. The van der Waals surface area contributed by atoms with Crippen molar-refractivity contribution in [1.82, 2.24) is 9.80 Å². The van der Waals surface area contributed by atoms with E-state index in [4.69, 9.17) is 0 Å². The highest BCUT2D eigenvalue weighted by atomic mass is 16.6. The van der Waals surface area contributed by atoms with Crippen molar-refractivity contribution in [2.45, 2.75) is 24.9 Å². The lowest BCUT2D eigenvalue weighted by molar-refractivity contribution is -0.156. The van der Waals surface area contributed by atoms with Crippen LogP contribution in [-0.2, 0) is 28.7 Å². The topological polar surface area (TPSA) is 93.2 Å². The molecule has 0 spiro atoms. The van der Waals surface area contributed by atoms with Crippen LogP contribution in [0.5, 0.6) is 0 Å². The van der Waals surface area contributed by atoms with Crippen LogP contribution < -0.4 is 0 Å². The summed E-state index contributed by atoms with van der Waals surface area (Å²) in [5.74, 6) is -1.99. The van der Waals surface area contributed by atoms with Crippen LogP contribution in [-0.4, -0.2) is 71.9 Å². The first-order valence-corrected chi connectivity index (χ1v) is 6.52. The van der Waals surface area contributed by atoms with Crippen LogP contribution in [0, 0.1) is 0 Å². The fourth-order valence-corrected chi connectivity index (χ4v) is 2.84. The molecule has 3 heterocycles. The molecule has 3 aliphatic rings. The van der Waals surface area contributed by atoms with E-state index in [1.165, 1.54) is 0 Å². The van der Waals surface area contributed by atoms with Crippen LogP contribution in [0.2, 0.25) is 0 Å². The number of cyclic esters (lactones) is 4. The van der Waals surface area contributed by atoms with Crippen LogP contribution in [0.3, 0.4) is 0 Å². The van der Waals surface area contributed by atoms with Gasteiger partial charge in [0.15, 0.2) is 0 Å². The second kappa shape index (κ2) is 4.95. The predicted octanol–water partition coefficient (Wildman–Crippen LogP) is -1.71. The predicted molar refractivity (Wildman–Crippen MR) is 62.2 cm³/mol. The first-order chi connectivity index (χ1) is 9.54. The summed E-state index contributed by atoms with van der Waals surface area (Å²) >= 11 is 0. The fourth-order valence-electron chi connectivity index (χ4n) is 2.84. The molecule has 108 valence electrons. The maximum Gasteiger partial charge on any atom is 0.331 e. The number of hydrogen-bond donors (Lipinski definition) is 0. The summed E-state index contributed by atoms with van der Waals surface area (Å²) in [5.41, 5.74) is 0. The van der Waals surface area contributed by atoms with Gasteiger partial charge >= 0.3 is 23.9 Å². The van der Waals surface area contributed by atoms with Crippen molar-refractivity contribution in [2.24, 2.45) is 0 Å². The normalized spacial score (nSPS) is 32.6. The molecule has 8 heteroatoms.